The SMILES string of the molecule is N#CCN(CCCO)C1CCCC1. The van der Waals surface area contributed by atoms with Gasteiger partial charge in [0.25, 0.3) is 0 Å². The molecule has 1 fully saturated rings. The van der Waals surface area contributed by atoms with E-state index in [0.29, 0.717) is 12.6 Å². The minimum atomic E-state index is 0.231. The maximum atomic E-state index is 8.72. The first kappa shape index (κ1) is 10.5. The maximum Gasteiger partial charge on any atom is 0.0868 e. The van der Waals surface area contributed by atoms with Crippen molar-refractivity contribution in [3.05, 3.63) is 0 Å². The summed E-state index contributed by atoms with van der Waals surface area (Å²) in [5.41, 5.74) is 0. The molecule has 1 saturated carbocycles. The molecule has 0 aliphatic heterocycles. The standard InChI is InChI=1S/C10H18N2O/c11-6-8-12(7-3-9-13)10-4-1-2-5-10/h10,13H,1-5,7-9H2. The second kappa shape index (κ2) is 5.95. The van der Waals surface area contributed by atoms with Gasteiger partial charge >= 0.3 is 0 Å². The lowest BCUT2D eigenvalue weighted by Gasteiger charge is -2.25. The van der Waals surface area contributed by atoms with Gasteiger partial charge in [-0.15, -0.1) is 0 Å². The summed E-state index contributed by atoms with van der Waals surface area (Å²) in [6, 6.07) is 2.80. The van der Waals surface area contributed by atoms with Crippen LogP contribution in [0.4, 0.5) is 0 Å². The Bertz CT molecular complexity index is 170. The second-order valence-electron chi connectivity index (χ2n) is 3.64. The lowest BCUT2D eigenvalue weighted by molar-refractivity contribution is 0.193. The van der Waals surface area contributed by atoms with Gasteiger partial charge in [0.2, 0.25) is 0 Å². The molecule has 0 radical (unpaired) electrons. The third-order valence-corrected chi connectivity index (χ3v) is 2.72. The highest BCUT2D eigenvalue weighted by atomic mass is 16.3. The van der Waals surface area contributed by atoms with Gasteiger partial charge in [-0.3, -0.25) is 4.90 Å². The van der Waals surface area contributed by atoms with Crippen molar-refractivity contribution in [1.29, 1.82) is 5.26 Å². The molecule has 0 saturated heterocycles. The average molecular weight is 182 g/mol. The fourth-order valence-corrected chi connectivity index (χ4v) is 2.02. The monoisotopic (exact) mass is 182 g/mol. The Hall–Kier alpha value is -0.590. The highest BCUT2D eigenvalue weighted by Crippen LogP contribution is 2.23. The zero-order valence-corrected chi connectivity index (χ0v) is 8.08. The molecule has 0 unspecified atom stereocenters. The molecule has 0 aromatic carbocycles. The van der Waals surface area contributed by atoms with Crippen LogP contribution in [-0.2, 0) is 0 Å². The van der Waals surface area contributed by atoms with Crippen LogP contribution in [0.2, 0.25) is 0 Å². The van der Waals surface area contributed by atoms with E-state index in [4.69, 9.17) is 10.4 Å². The third-order valence-electron chi connectivity index (χ3n) is 2.72. The molecule has 1 aliphatic rings. The van der Waals surface area contributed by atoms with Crippen molar-refractivity contribution in [1.82, 2.24) is 4.90 Å². The van der Waals surface area contributed by atoms with Crippen molar-refractivity contribution in [3.63, 3.8) is 0 Å². The van der Waals surface area contributed by atoms with E-state index in [9.17, 15) is 0 Å². The number of aliphatic hydroxyl groups excluding tert-OH is 1. The van der Waals surface area contributed by atoms with E-state index in [0.717, 1.165) is 13.0 Å². The second-order valence-corrected chi connectivity index (χ2v) is 3.64. The minimum Gasteiger partial charge on any atom is -0.396 e. The van der Waals surface area contributed by atoms with Gasteiger partial charge in [-0.1, -0.05) is 12.8 Å². The highest BCUT2D eigenvalue weighted by molar-refractivity contribution is 4.84. The number of aliphatic hydroxyl groups is 1. The quantitative estimate of drug-likeness (QED) is 0.648. The van der Waals surface area contributed by atoms with E-state index < -0.39 is 0 Å². The van der Waals surface area contributed by atoms with Crippen LogP contribution in [0.3, 0.4) is 0 Å². The Kier molecular flexibility index (Phi) is 4.81. The van der Waals surface area contributed by atoms with Crippen LogP contribution in [0, 0.1) is 11.3 Å². The molecule has 0 heterocycles. The Morgan fingerprint density at radius 1 is 1.38 bits per heavy atom. The molecule has 3 heteroatoms. The van der Waals surface area contributed by atoms with E-state index in [1.54, 1.807) is 0 Å². The predicted octanol–water partition coefficient (Wildman–Crippen LogP) is 1.14. The summed E-state index contributed by atoms with van der Waals surface area (Å²) in [4.78, 5) is 2.21. The highest BCUT2D eigenvalue weighted by Gasteiger charge is 2.21. The Labute approximate surface area is 80.0 Å². The molecule has 3 nitrogen and oxygen atoms in total. The van der Waals surface area contributed by atoms with Gasteiger partial charge in [0.05, 0.1) is 12.6 Å². The average Bonchev–Trinajstić information content (AvgIpc) is 2.65. The molecule has 0 amide bonds. The molecular weight excluding hydrogens is 164 g/mol. The van der Waals surface area contributed by atoms with E-state index in [-0.39, 0.29) is 6.61 Å². The molecule has 13 heavy (non-hydrogen) atoms. The first-order valence-electron chi connectivity index (χ1n) is 5.10. The molecule has 0 spiro atoms. The van der Waals surface area contributed by atoms with Crippen molar-refractivity contribution >= 4 is 0 Å². The number of nitrogens with zero attached hydrogens (tertiary/aromatic N) is 2. The summed E-state index contributed by atoms with van der Waals surface area (Å²) in [7, 11) is 0. The largest absolute Gasteiger partial charge is 0.396 e. The molecule has 0 aromatic heterocycles. The van der Waals surface area contributed by atoms with Gasteiger partial charge in [0, 0.05) is 19.2 Å². The van der Waals surface area contributed by atoms with Gasteiger partial charge in [0.1, 0.15) is 0 Å². The van der Waals surface area contributed by atoms with Crippen molar-refractivity contribution in [2.24, 2.45) is 0 Å². The topological polar surface area (TPSA) is 47.3 Å². The van der Waals surface area contributed by atoms with Crippen molar-refractivity contribution in [2.45, 2.75) is 38.1 Å². The molecule has 1 rings (SSSR count). The van der Waals surface area contributed by atoms with E-state index in [2.05, 4.69) is 11.0 Å². The minimum absolute atomic E-state index is 0.231. The van der Waals surface area contributed by atoms with Crippen LogP contribution in [-0.4, -0.2) is 35.7 Å². The molecule has 1 aliphatic carbocycles. The van der Waals surface area contributed by atoms with Gasteiger partial charge in [-0.2, -0.15) is 5.26 Å². The maximum absolute atomic E-state index is 8.72. The van der Waals surface area contributed by atoms with E-state index >= 15 is 0 Å². The van der Waals surface area contributed by atoms with Crippen molar-refractivity contribution < 1.29 is 5.11 Å². The van der Waals surface area contributed by atoms with Crippen LogP contribution in [0.25, 0.3) is 0 Å². The van der Waals surface area contributed by atoms with E-state index in [1.165, 1.54) is 25.7 Å². The van der Waals surface area contributed by atoms with E-state index in [1.807, 2.05) is 0 Å². The Balaban J connectivity index is 2.32. The zero-order chi connectivity index (χ0) is 9.52. The van der Waals surface area contributed by atoms with Gasteiger partial charge < -0.3 is 5.11 Å². The lowest BCUT2D eigenvalue weighted by atomic mass is 10.2. The van der Waals surface area contributed by atoms with Gasteiger partial charge in [-0.25, -0.2) is 0 Å². The fourth-order valence-electron chi connectivity index (χ4n) is 2.02. The van der Waals surface area contributed by atoms with Crippen LogP contribution in [0.15, 0.2) is 0 Å². The summed E-state index contributed by atoms with van der Waals surface area (Å²) in [6.07, 6.45) is 5.84. The molecule has 0 bridgehead atoms. The number of nitriles is 1. The summed E-state index contributed by atoms with van der Waals surface area (Å²) >= 11 is 0. The lowest BCUT2D eigenvalue weighted by Crippen LogP contribution is -2.34. The molecule has 0 aromatic rings. The molecule has 74 valence electrons. The predicted molar refractivity (Wildman–Crippen MR) is 51.1 cm³/mol. The zero-order valence-electron chi connectivity index (χ0n) is 8.08. The Morgan fingerprint density at radius 2 is 2.08 bits per heavy atom. The molecular formula is C10H18N2O. The van der Waals surface area contributed by atoms with Crippen LogP contribution in [0.5, 0.6) is 0 Å². The summed E-state index contributed by atoms with van der Waals surface area (Å²) < 4.78 is 0. The number of rotatable bonds is 5. The van der Waals surface area contributed by atoms with Crippen LogP contribution in [0.1, 0.15) is 32.1 Å². The number of hydrogen-bond acceptors (Lipinski definition) is 3. The van der Waals surface area contributed by atoms with Gasteiger partial charge in [0.15, 0.2) is 0 Å². The van der Waals surface area contributed by atoms with Crippen molar-refractivity contribution in [3.8, 4) is 6.07 Å². The van der Waals surface area contributed by atoms with Gasteiger partial charge in [-0.05, 0) is 19.3 Å². The Morgan fingerprint density at radius 3 is 2.62 bits per heavy atom. The summed E-state index contributed by atoms with van der Waals surface area (Å²) in [6.45, 7) is 1.62. The molecule has 1 N–H and O–H groups in total. The summed E-state index contributed by atoms with van der Waals surface area (Å²) in [5.74, 6) is 0. The normalized spacial score (nSPS) is 17.9. The van der Waals surface area contributed by atoms with Crippen LogP contribution < -0.4 is 0 Å². The first-order valence-corrected chi connectivity index (χ1v) is 5.10. The molecule has 0 atom stereocenters. The van der Waals surface area contributed by atoms with Crippen molar-refractivity contribution in [2.75, 3.05) is 19.7 Å². The third kappa shape index (κ3) is 3.33. The smallest absolute Gasteiger partial charge is 0.0868 e. The van der Waals surface area contributed by atoms with Crippen LogP contribution >= 0.6 is 0 Å². The summed E-state index contributed by atoms with van der Waals surface area (Å²) in [5, 5.41) is 17.4. The number of hydrogen-bond donors (Lipinski definition) is 1. The first-order chi connectivity index (χ1) is 6.38. The fraction of sp³-hybridized carbons (Fsp3) is 0.900.